The molecule has 1 heterocycles. The van der Waals surface area contributed by atoms with Crippen molar-refractivity contribution in [2.45, 2.75) is 18.1 Å². The maximum atomic E-state index is 3.25. The standard InChI is InChI=1S/C7H8S/c1-2-4-7(3-1)8-5-6-8/h5,7H,1,3,6H2. The van der Waals surface area contributed by atoms with Crippen molar-refractivity contribution in [1.29, 1.82) is 0 Å². The molecule has 1 aliphatic carbocycles. The summed E-state index contributed by atoms with van der Waals surface area (Å²) < 4.78 is 0. The van der Waals surface area contributed by atoms with E-state index in [4.69, 9.17) is 0 Å². The van der Waals surface area contributed by atoms with E-state index >= 15 is 0 Å². The van der Waals surface area contributed by atoms with Gasteiger partial charge in [-0.15, -0.1) is 5.92 Å². The van der Waals surface area contributed by atoms with Crippen LogP contribution in [-0.4, -0.2) is 16.4 Å². The normalized spacial score (nSPS) is 40.0. The summed E-state index contributed by atoms with van der Waals surface area (Å²) in [4.78, 5) is 0. The zero-order chi connectivity index (χ0) is 5.40. The van der Waals surface area contributed by atoms with Crippen molar-refractivity contribution in [2.75, 3.05) is 5.75 Å². The molecule has 0 aromatic carbocycles. The van der Waals surface area contributed by atoms with E-state index in [2.05, 4.69) is 17.2 Å². The molecule has 0 bridgehead atoms. The van der Waals surface area contributed by atoms with Crippen LogP contribution in [0.5, 0.6) is 0 Å². The van der Waals surface area contributed by atoms with Crippen LogP contribution in [0.2, 0.25) is 0 Å². The third-order valence-electron chi connectivity index (χ3n) is 1.52. The number of hydrogen-bond donors (Lipinski definition) is 0. The first-order valence-corrected chi connectivity index (χ1v) is 4.49. The van der Waals surface area contributed by atoms with Crippen molar-refractivity contribution < 1.29 is 0 Å². The fourth-order valence-corrected chi connectivity index (χ4v) is 2.39. The second-order valence-electron chi connectivity index (χ2n) is 2.15. The van der Waals surface area contributed by atoms with Gasteiger partial charge >= 0.3 is 0 Å². The molecule has 0 N–H and O–H groups in total. The molecular weight excluding hydrogens is 116 g/mol. The Morgan fingerprint density at radius 2 is 2.50 bits per heavy atom. The van der Waals surface area contributed by atoms with Gasteiger partial charge in [-0.3, -0.25) is 0 Å². The molecule has 0 nitrogen and oxygen atoms in total. The second kappa shape index (κ2) is 1.63. The molecule has 0 aromatic heterocycles. The Morgan fingerprint density at radius 1 is 1.62 bits per heavy atom. The first kappa shape index (κ1) is 4.64. The van der Waals surface area contributed by atoms with E-state index < -0.39 is 0 Å². The van der Waals surface area contributed by atoms with Gasteiger partial charge in [-0.1, -0.05) is 11.3 Å². The average Bonchev–Trinajstić information content (AvgIpc) is 2.49. The van der Waals surface area contributed by atoms with E-state index in [-0.39, 0.29) is 0 Å². The van der Waals surface area contributed by atoms with Crippen molar-refractivity contribution in [3.8, 4) is 11.8 Å². The molecule has 2 rings (SSSR count). The Hall–Kier alpha value is -0.220. The van der Waals surface area contributed by atoms with Crippen LogP contribution in [-0.2, 0) is 0 Å². The molecule has 1 heteroatoms. The van der Waals surface area contributed by atoms with Gasteiger partial charge in [-0.05, 0) is 6.42 Å². The summed E-state index contributed by atoms with van der Waals surface area (Å²) in [6.45, 7) is 0. The van der Waals surface area contributed by atoms with Gasteiger partial charge in [0.1, 0.15) is 0 Å². The highest BCUT2D eigenvalue weighted by atomic mass is 32.2. The fourth-order valence-electron chi connectivity index (χ4n) is 0.960. The van der Waals surface area contributed by atoms with Crippen molar-refractivity contribution in [2.24, 2.45) is 0 Å². The highest BCUT2D eigenvalue weighted by Gasteiger charge is 2.18. The summed E-state index contributed by atoms with van der Waals surface area (Å²) in [7, 11) is 0.660. The molecule has 0 spiro atoms. The van der Waals surface area contributed by atoms with Gasteiger partial charge in [0.15, 0.2) is 0 Å². The molecule has 1 aliphatic heterocycles. The SMILES string of the molecule is C1#CC(S2=CC2)CC1. The third-order valence-corrected chi connectivity index (χ3v) is 3.32. The van der Waals surface area contributed by atoms with Gasteiger partial charge in [0.25, 0.3) is 0 Å². The predicted molar refractivity (Wildman–Crippen MR) is 39.3 cm³/mol. The van der Waals surface area contributed by atoms with Crippen LogP contribution in [0, 0.1) is 11.8 Å². The van der Waals surface area contributed by atoms with Gasteiger partial charge in [-0.25, -0.2) is 0 Å². The van der Waals surface area contributed by atoms with Crippen LogP contribution in [0.1, 0.15) is 12.8 Å². The van der Waals surface area contributed by atoms with Crippen LogP contribution < -0.4 is 0 Å². The molecule has 0 saturated carbocycles. The summed E-state index contributed by atoms with van der Waals surface area (Å²) in [5, 5.41) is 3.18. The first-order valence-electron chi connectivity index (χ1n) is 2.97. The average molecular weight is 124 g/mol. The predicted octanol–water partition coefficient (Wildman–Crippen LogP) is 1.24. The summed E-state index contributed by atoms with van der Waals surface area (Å²) in [6, 6.07) is 0. The molecule has 0 fully saturated rings. The highest BCUT2D eigenvalue weighted by Crippen LogP contribution is 2.33. The smallest absolute Gasteiger partial charge is 0.0617 e. The van der Waals surface area contributed by atoms with Gasteiger partial charge < -0.3 is 0 Å². The van der Waals surface area contributed by atoms with Crippen LogP contribution >= 0.6 is 10.5 Å². The lowest BCUT2D eigenvalue weighted by molar-refractivity contribution is 0.957. The van der Waals surface area contributed by atoms with Gasteiger partial charge in [0.2, 0.25) is 0 Å². The van der Waals surface area contributed by atoms with Crippen LogP contribution in [0.25, 0.3) is 0 Å². The molecule has 0 radical (unpaired) electrons. The molecule has 0 saturated heterocycles. The largest absolute Gasteiger partial charge is 0.169 e. The Kier molecular flexibility index (Phi) is 0.947. The second-order valence-corrected chi connectivity index (χ2v) is 4.33. The molecular formula is C7H8S. The van der Waals surface area contributed by atoms with E-state index in [9.17, 15) is 0 Å². The summed E-state index contributed by atoms with van der Waals surface area (Å²) in [5.74, 6) is 7.74. The summed E-state index contributed by atoms with van der Waals surface area (Å²) in [5.41, 5.74) is 0. The molecule has 42 valence electrons. The van der Waals surface area contributed by atoms with Gasteiger partial charge in [0, 0.05) is 12.2 Å². The monoisotopic (exact) mass is 124 g/mol. The molecule has 0 amide bonds. The van der Waals surface area contributed by atoms with E-state index in [1.54, 1.807) is 0 Å². The zero-order valence-corrected chi connectivity index (χ0v) is 5.50. The molecule has 0 aromatic rings. The van der Waals surface area contributed by atoms with Crippen molar-refractivity contribution in [3.63, 3.8) is 0 Å². The van der Waals surface area contributed by atoms with E-state index in [0.717, 1.165) is 11.7 Å². The summed E-state index contributed by atoms with van der Waals surface area (Å²) in [6.07, 6.45) is 2.47. The Labute approximate surface area is 52.2 Å². The van der Waals surface area contributed by atoms with E-state index in [1.165, 1.54) is 12.2 Å². The number of hydrogen-bond acceptors (Lipinski definition) is 0. The Balaban J connectivity index is 2.09. The topological polar surface area (TPSA) is 0 Å². The maximum absolute atomic E-state index is 3.25. The lowest BCUT2D eigenvalue weighted by atomic mass is 10.3. The van der Waals surface area contributed by atoms with Gasteiger partial charge in [0.05, 0.1) is 5.25 Å². The van der Waals surface area contributed by atoms with Crippen LogP contribution in [0.15, 0.2) is 0 Å². The number of rotatable bonds is 1. The van der Waals surface area contributed by atoms with Gasteiger partial charge in [-0.2, -0.15) is 10.5 Å². The minimum Gasteiger partial charge on any atom is -0.169 e. The third kappa shape index (κ3) is 0.695. The maximum Gasteiger partial charge on any atom is 0.0617 e. The fraction of sp³-hybridized carbons (Fsp3) is 0.571. The molecule has 2 unspecified atom stereocenters. The molecule has 8 heavy (non-hydrogen) atoms. The Morgan fingerprint density at radius 3 is 3.00 bits per heavy atom. The zero-order valence-electron chi connectivity index (χ0n) is 4.68. The van der Waals surface area contributed by atoms with E-state index in [0.29, 0.717) is 10.5 Å². The van der Waals surface area contributed by atoms with Crippen molar-refractivity contribution in [1.82, 2.24) is 0 Å². The van der Waals surface area contributed by atoms with Crippen molar-refractivity contribution >= 4 is 15.9 Å². The minimum atomic E-state index is 0.660. The summed E-state index contributed by atoms with van der Waals surface area (Å²) >= 11 is 0. The van der Waals surface area contributed by atoms with Crippen LogP contribution in [0.4, 0.5) is 0 Å². The highest BCUT2D eigenvalue weighted by molar-refractivity contribution is 8.23. The lowest BCUT2D eigenvalue weighted by Crippen LogP contribution is -1.89. The lowest BCUT2D eigenvalue weighted by Gasteiger charge is -1.96. The minimum absolute atomic E-state index is 0.660. The Bertz CT molecular complexity index is 192. The van der Waals surface area contributed by atoms with E-state index in [1.807, 2.05) is 0 Å². The first-order chi connectivity index (χ1) is 3.97. The van der Waals surface area contributed by atoms with Crippen molar-refractivity contribution in [3.05, 3.63) is 0 Å². The molecule has 2 atom stereocenters. The quantitative estimate of drug-likeness (QED) is 0.364. The molecule has 2 aliphatic rings. The van der Waals surface area contributed by atoms with Crippen LogP contribution in [0.3, 0.4) is 0 Å².